The van der Waals surface area contributed by atoms with E-state index in [2.05, 4.69) is 26.4 Å². The van der Waals surface area contributed by atoms with Crippen LogP contribution in [0.4, 0.5) is 0 Å². The van der Waals surface area contributed by atoms with Crippen LogP contribution in [0.25, 0.3) is 11.2 Å². The summed E-state index contributed by atoms with van der Waals surface area (Å²) in [7, 11) is 0. The van der Waals surface area contributed by atoms with E-state index in [-0.39, 0.29) is 0 Å². The lowest BCUT2D eigenvalue weighted by atomic mass is 10.1. The Bertz CT molecular complexity index is 616. The van der Waals surface area contributed by atoms with Crippen molar-refractivity contribution in [3.8, 4) is 0 Å². The predicted molar refractivity (Wildman–Crippen MR) is 86.7 cm³/mol. The van der Waals surface area contributed by atoms with Gasteiger partial charge in [0.2, 0.25) is 0 Å². The van der Waals surface area contributed by atoms with Crippen LogP contribution in [0.15, 0.2) is 12.1 Å². The highest BCUT2D eigenvalue weighted by Crippen LogP contribution is 2.19. The fourth-order valence-corrected chi connectivity index (χ4v) is 3.42. The first-order valence-electron chi connectivity index (χ1n) is 7.78. The molecule has 1 aliphatic heterocycles. The van der Waals surface area contributed by atoms with E-state index < -0.39 is 0 Å². The lowest BCUT2D eigenvalue weighted by molar-refractivity contribution is 0.272. The second-order valence-corrected chi connectivity index (χ2v) is 6.45. The van der Waals surface area contributed by atoms with Gasteiger partial charge < -0.3 is 9.47 Å². The third-order valence-electron chi connectivity index (χ3n) is 4.19. The van der Waals surface area contributed by atoms with Gasteiger partial charge in [0.05, 0.1) is 5.88 Å². The van der Waals surface area contributed by atoms with Gasteiger partial charge in [0.15, 0.2) is 5.65 Å². The second kappa shape index (κ2) is 6.32. The van der Waals surface area contributed by atoms with E-state index in [1.165, 1.54) is 25.9 Å². The second-order valence-electron chi connectivity index (χ2n) is 6.18. The van der Waals surface area contributed by atoms with E-state index in [1.54, 1.807) is 0 Å². The van der Waals surface area contributed by atoms with E-state index in [4.69, 9.17) is 11.6 Å². The SMILES string of the molecule is Cc1ccc2nc(CCl)n(CC(C)CN3CCCC3)c2n1. The Morgan fingerprint density at radius 3 is 2.67 bits per heavy atom. The molecule has 1 aliphatic rings. The highest BCUT2D eigenvalue weighted by atomic mass is 35.5. The lowest BCUT2D eigenvalue weighted by Gasteiger charge is -2.21. The van der Waals surface area contributed by atoms with Crippen LogP contribution < -0.4 is 0 Å². The minimum absolute atomic E-state index is 0.436. The van der Waals surface area contributed by atoms with Crippen LogP contribution >= 0.6 is 11.6 Å². The van der Waals surface area contributed by atoms with Crippen molar-refractivity contribution in [2.24, 2.45) is 5.92 Å². The van der Waals surface area contributed by atoms with Crippen molar-refractivity contribution >= 4 is 22.8 Å². The van der Waals surface area contributed by atoms with Gasteiger partial charge in [0.25, 0.3) is 0 Å². The van der Waals surface area contributed by atoms with E-state index >= 15 is 0 Å². The molecule has 0 bridgehead atoms. The minimum Gasteiger partial charge on any atom is -0.311 e. The van der Waals surface area contributed by atoms with Gasteiger partial charge in [0.1, 0.15) is 11.3 Å². The number of rotatable bonds is 5. The first kappa shape index (κ1) is 14.8. The molecule has 1 atom stereocenters. The van der Waals surface area contributed by atoms with Crippen molar-refractivity contribution in [1.29, 1.82) is 0 Å². The van der Waals surface area contributed by atoms with Gasteiger partial charge in [-0.3, -0.25) is 0 Å². The molecular weight excluding hydrogens is 284 g/mol. The third-order valence-corrected chi connectivity index (χ3v) is 4.43. The summed E-state index contributed by atoms with van der Waals surface area (Å²) >= 11 is 6.08. The molecule has 3 heterocycles. The average molecular weight is 307 g/mol. The number of alkyl halides is 1. The van der Waals surface area contributed by atoms with Crippen LogP contribution in [0.5, 0.6) is 0 Å². The van der Waals surface area contributed by atoms with Gasteiger partial charge in [-0.2, -0.15) is 0 Å². The van der Waals surface area contributed by atoms with Crippen molar-refractivity contribution in [1.82, 2.24) is 19.4 Å². The smallest absolute Gasteiger partial charge is 0.160 e. The monoisotopic (exact) mass is 306 g/mol. The maximum atomic E-state index is 6.08. The summed E-state index contributed by atoms with van der Waals surface area (Å²) < 4.78 is 2.20. The molecule has 4 nitrogen and oxygen atoms in total. The van der Waals surface area contributed by atoms with Gasteiger partial charge in [0, 0.05) is 18.8 Å². The van der Waals surface area contributed by atoms with Crippen LogP contribution in [-0.4, -0.2) is 39.1 Å². The van der Waals surface area contributed by atoms with E-state index in [9.17, 15) is 0 Å². The number of halogens is 1. The molecule has 0 amide bonds. The Hall–Kier alpha value is -1.13. The molecule has 3 rings (SSSR count). The standard InChI is InChI=1S/C16H23ClN4/c1-12(10-20-7-3-4-8-20)11-21-15(9-17)19-14-6-5-13(2)18-16(14)21/h5-6,12H,3-4,7-11H2,1-2H3. The fraction of sp³-hybridized carbons (Fsp3) is 0.625. The molecule has 0 saturated carbocycles. The van der Waals surface area contributed by atoms with Gasteiger partial charge in [-0.25, -0.2) is 9.97 Å². The molecule has 2 aromatic heterocycles. The average Bonchev–Trinajstić information content (AvgIpc) is 3.07. The number of aromatic nitrogens is 3. The normalized spacial score (nSPS) is 17.7. The zero-order chi connectivity index (χ0) is 14.8. The molecule has 0 N–H and O–H groups in total. The molecule has 0 radical (unpaired) electrons. The molecule has 5 heteroatoms. The molecule has 114 valence electrons. The van der Waals surface area contributed by atoms with Crippen molar-refractivity contribution in [2.75, 3.05) is 19.6 Å². The van der Waals surface area contributed by atoms with E-state index in [0.29, 0.717) is 11.8 Å². The van der Waals surface area contributed by atoms with Crippen molar-refractivity contribution < 1.29 is 0 Å². The topological polar surface area (TPSA) is 34.0 Å². The highest BCUT2D eigenvalue weighted by molar-refractivity contribution is 6.16. The molecule has 1 fully saturated rings. The van der Waals surface area contributed by atoms with Gasteiger partial charge in [-0.15, -0.1) is 11.6 Å². The summed E-state index contributed by atoms with van der Waals surface area (Å²) in [5.41, 5.74) is 2.94. The summed E-state index contributed by atoms with van der Waals surface area (Å²) in [4.78, 5) is 11.8. The summed E-state index contributed by atoms with van der Waals surface area (Å²) in [6.45, 7) is 8.89. The summed E-state index contributed by atoms with van der Waals surface area (Å²) in [6, 6.07) is 4.04. The molecule has 0 aromatic carbocycles. The zero-order valence-electron chi connectivity index (χ0n) is 12.8. The number of likely N-dealkylation sites (tertiary alicyclic amines) is 1. The van der Waals surface area contributed by atoms with Crippen LogP contribution in [0.1, 0.15) is 31.3 Å². The number of hydrogen-bond acceptors (Lipinski definition) is 3. The number of pyridine rings is 1. The largest absolute Gasteiger partial charge is 0.311 e. The summed E-state index contributed by atoms with van der Waals surface area (Å²) in [5.74, 6) is 1.94. The first-order chi connectivity index (χ1) is 10.2. The molecule has 0 spiro atoms. The summed E-state index contributed by atoms with van der Waals surface area (Å²) in [6.07, 6.45) is 2.68. The Morgan fingerprint density at radius 2 is 1.95 bits per heavy atom. The Kier molecular flexibility index (Phi) is 4.45. The van der Waals surface area contributed by atoms with Crippen molar-refractivity contribution in [2.45, 2.75) is 39.1 Å². The maximum absolute atomic E-state index is 6.08. The van der Waals surface area contributed by atoms with Crippen LogP contribution in [0.2, 0.25) is 0 Å². The van der Waals surface area contributed by atoms with Crippen molar-refractivity contribution in [3.63, 3.8) is 0 Å². The molecular formula is C16H23ClN4. The zero-order valence-corrected chi connectivity index (χ0v) is 13.6. The Balaban J connectivity index is 1.82. The van der Waals surface area contributed by atoms with Gasteiger partial charge in [-0.1, -0.05) is 6.92 Å². The Labute approximate surface area is 131 Å². The molecule has 1 saturated heterocycles. The van der Waals surface area contributed by atoms with E-state index in [1.807, 2.05) is 19.1 Å². The number of fused-ring (bicyclic) bond motifs is 1. The van der Waals surface area contributed by atoms with Gasteiger partial charge in [-0.05, 0) is 50.9 Å². The van der Waals surface area contributed by atoms with Gasteiger partial charge >= 0.3 is 0 Å². The maximum Gasteiger partial charge on any atom is 0.160 e. The number of hydrogen-bond donors (Lipinski definition) is 0. The molecule has 1 unspecified atom stereocenters. The van der Waals surface area contributed by atoms with Crippen LogP contribution in [-0.2, 0) is 12.4 Å². The first-order valence-corrected chi connectivity index (χ1v) is 8.32. The number of aryl methyl sites for hydroxylation is 1. The quantitative estimate of drug-likeness (QED) is 0.796. The number of imidazole rings is 1. The van der Waals surface area contributed by atoms with Crippen LogP contribution in [0, 0.1) is 12.8 Å². The lowest BCUT2D eigenvalue weighted by Crippen LogP contribution is -2.28. The van der Waals surface area contributed by atoms with Crippen LogP contribution in [0.3, 0.4) is 0 Å². The van der Waals surface area contributed by atoms with E-state index in [0.717, 1.165) is 35.8 Å². The molecule has 0 aliphatic carbocycles. The van der Waals surface area contributed by atoms with Crippen molar-refractivity contribution in [3.05, 3.63) is 23.7 Å². The Morgan fingerprint density at radius 1 is 1.19 bits per heavy atom. The minimum atomic E-state index is 0.436. The molecule has 2 aromatic rings. The highest BCUT2D eigenvalue weighted by Gasteiger charge is 2.18. The number of nitrogens with zero attached hydrogens (tertiary/aromatic N) is 4. The summed E-state index contributed by atoms with van der Waals surface area (Å²) in [5, 5.41) is 0. The third kappa shape index (κ3) is 3.22. The molecule has 21 heavy (non-hydrogen) atoms. The predicted octanol–water partition coefficient (Wildman–Crippen LogP) is 3.21. The fourth-order valence-electron chi connectivity index (χ4n) is 3.21.